The molecule has 0 amide bonds. The van der Waals surface area contributed by atoms with Crippen molar-refractivity contribution in [2.45, 2.75) is 27.7 Å². The van der Waals surface area contributed by atoms with Gasteiger partial charge in [-0.05, 0) is 27.7 Å². The fourth-order valence-electron chi connectivity index (χ4n) is 2.03. The third kappa shape index (κ3) is 3.54. The van der Waals surface area contributed by atoms with Crippen molar-refractivity contribution in [2.75, 3.05) is 19.6 Å². The van der Waals surface area contributed by atoms with E-state index in [0.29, 0.717) is 0 Å². The van der Waals surface area contributed by atoms with Crippen LogP contribution in [0.2, 0.25) is 0 Å². The van der Waals surface area contributed by atoms with E-state index < -0.39 is 0 Å². The summed E-state index contributed by atoms with van der Waals surface area (Å²) in [5.41, 5.74) is 1.94. The first kappa shape index (κ1) is 14.7. The van der Waals surface area contributed by atoms with Gasteiger partial charge in [-0.15, -0.1) is 0 Å². The van der Waals surface area contributed by atoms with Gasteiger partial charge in [-0.25, -0.2) is 0 Å². The van der Waals surface area contributed by atoms with Crippen molar-refractivity contribution in [3.8, 4) is 0 Å². The summed E-state index contributed by atoms with van der Waals surface area (Å²) < 4.78 is 0.859. The molecule has 0 saturated carbocycles. The Morgan fingerprint density at radius 2 is 1.56 bits per heavy atom. The number of carbonyl (C=O) groups excluding carboxylic acids is 1. The number of ketones is 1. The van der Waals surface area contributed by atoms with E-state index in [2.05, 4.69) is 20.8 Å². The maximum Gasteiger partial charge on any atom is 0.191 e. The van der Waals surface area contributed by atoms with E-state index in [9.17, 15) is 4.79 Å². The quantitative estimate of drug-likeness (QED) is 0.426. The number of carbonyl (C=O) groups is 1. The second-order valence-corrected chi connectivity index (χ2v) is 4.71. The first-order valence-corrected chi connectivity index (χ1v) is 6.73. The number of aryl methyl sites for hydroxylation is 1. The Kier molecular flexibility index (Phi) is 5.29. The molecular formula is C16H24NO+. The highest BCUT2D eigenvalue weighted by Gasteiger charge is 2.17. The maximum atomic E-state index is 12.1. The SMILES string of the molecule is CC[N+](C=CC(=O)c1ccc(C)cc1)(CC)CC. The minimum Gasteiger partial charge on any atom is -0.298 e. The molecule has 0 spiro atoms. The lowest BCUT2D eigenvalue weighted by Crippen LogP contribution is -2.42. The van der Waals surface area contributed by atoms with E-state index in [0.717, 1.165) is 29.7 Å². The highest BCUT2D eigenvalue weighted by Crippen LogP contribution is 2.09. The molecule has 0 aromatic heterocycles. The highest BCUT2D eigenvalue weighted by atomic mass is 16.1. The van der Waals surface area contributed by atoms with Crippen molar-refractivity contribution in [1.82, 2.24) is 0 Å². The molecule has 1 aromatic rings. The number of rotatable bonds is 6. The van der Waals surface area contributed by atoms with E-state index in [4.69, 9.17) is 0 Å². The summed E-state index contributed by atoms with van der Waals surface area (Å²) in [4.78, 5) is 12.1. The molecule has 0 saturated heterocycles. The average molecular weight is 246 g/mol. The van der Waals surface area contributed by atoms with Gasteiger partial charge in [0.2, 0.25) is 0 Å². The summed E-state index contributed by atoms with van der Waals surface area (Å²) >= 11 is 0. The van der Waals surface area contributed by atoms with E-state index in [1.165, 1.54) is 5.56 Å². The van der Waals surface area contributed by atoms with Crippen LogP contribution in [0.3, 0.4) is 0 Å². The molecule has 0 radical (unpaired) electrons. The smallest absolute Gasteiger partial charge is 0.191 e. The molecule has 0 aliphatic carbocycles. The van der Waals surface area contributed by atoms with E-state index >= 15 is 0 Å². The summed E-state index contributed by atoms with van der Waals surface area (Å²) in [6.07, 6.45) is 3.77. The number of hydrogen-bond donors (Lipinski definition) is 0. The minimum atomic E-state index is 0.0906. The molecule has 1 rings (SSSR count). The minimum absolute atomic E-state index is 0.0906. The number of nitrogens with zero attached hydrogens (tertiary/aromatic N) is 1. The molecule has 0 fully saturated rings. The largest absolute Gasteiger partial charge is 0.298 e. The van der Waals surface area contributed by atoms with Crippen molar-refractivity contribution < 1.29 is 9.28 Å². The topological polar surface area (TPSA) is 17.1 Å². The molecule has 0 aliphatic rings. The van der Waals surface area contributed by atoms with Crippen LogP contribution in [0, 0.1) is 6.92 Å². The lowest BCUT2D eigenvalue weighted by molar-refractivity contribution is -0.874. The molecule has 0 atom stereocenters. The summed E-state index contributed by atoms with van der Waals surface area (Å²) in [5.74, 6) is 0.0906. The van der Waals surface area contributed by atoms with Crippen LogP contribution in [0.1, 0.15) is 36.7 Å². The molecular weight excluding hydrogens is 222 g/mol. The van der Waals surface area contributed by atoms with Gasteiger partial charge in [0, 0.05) is 11.6 Å². The first-order chi connectivity index (χ1) is 8.56. The van der Waals surface area contributed by atoms with Crippen LogP contribution in [0.25, 0.3) is 0 Å². The molecule has 0 aliphatic heterocycles. The second kappa shape index (κ2) is 6.50. The van der Waals surface area contributed by atoms with E-state index in [1.807, 2.05) is 37.4 Å². The van der Waals surface area contributed by atoms with Crippen LogP contribution in [-0.4, -0.2) is 29.9 Å². The Bertz CT molecular complexity index is 405. The number of allylic oxidation sites excluding steroid dienone is 1. The summed E-state index contributed by atoms with van der Waals surface area (Å²) in [6, 6.07) is 7.73. The molecule has 2 nitrogen and oxygen atoms in total. The van der Waals surface area contributed by atoms with Crippen molar-refractivity contribution >= 4 is 5.78 Å². The predicted molar refractivity (Wildman–Crippen MR) is 76.5 cm³/mol. The zero-order valence-corrected chi connectivity index (χ0v) is 11.9. The third-order valence-electron chi connectivity index (χ3n) is 3.77. The van der Waals surface area contributed by atoms with Crippen molar-refractivity contribution in [2.24, 2.45) is 0 Å². The van der Waals surface area contributed by atoms with Crippen molar-refractivity contribution in [3.63, 3.8) is 0 Å². The zero-order chi connectivity index (χ0) is 13.6. The molecule has 2 heteroatoms. The molecule has 0 unspecified atom stereocenters. The Morgan fingerprint density at radius 1 is 1.06 bits per heavy atom. The van der Waals surface area contributed by atoms with Gasteiger partial charge in [0.25, 0.3) is 0 Å². The Balaban J connectivity index is 2.83. The van der Waals surface area contributed by atoms with Crippen LogP contribution in [0.5, 0.6) is 0 Å². The normalized spacial score (nSPS) is 12.0. The van der Waals surface area contributed by atoms with Crippen molar-refractivity contribution in [3.05, 3.63) is 47.7 Å². The Hall–Kier alpha value is -1.41. The molecule has 0 heterocycles. The molecule has 18 heavy (non-hydrogen) atoms. The second-order valence-electron chi connectivity index (χ2n) is 4.71. The van der Waals surface area contributed by atoms with Gasteiger partial charge in [0.05, 0.1) is 25.8 Å². The maximum absolute atomic E-state index is 12.1. The van der Waals surface area contributed by atoms with Crippen LogP contribution in [0.4, 0.5) is 0 Å². The predicted octanol–water partition coefficient (Wildman–Crippen LogP) is 3.57. The van der Waals surface area contributed by atoms with Crippen LogP contribution < -0.4 is 0 Å². The fraction of sp³-hybridized carbons (Fsp3) is 0.438. The standard InChI is InChI=1S/C16H24NO/c1-5-17(6-2,7-3)13-12-16(18)15-10-8-14(4)9-11-15/h8-13H,5-7H2,1-4H3/q+1. The fourth-order valence-corrected chi connectivity index (χ4v) is 2.03. The monoisotopic (exact) mass is 246 g/mol. The Morgan fingerprint density at radius 3 is 2.00 bits per heavy atom. The molecule has 0 bridgehead atoms. The first-order valence-electron chi connectivity index (χ1n) is 6.73. The number of quaternary nitrogens is 1. The van der Waals surface area contributed by atoms with Gasteiger partial charge in [-0.1, -0.05) is 29.8 Å². The lowest BCUT2D eigenvalue weighted by atomic mass is 10.1. The van der Waals surface area contributed by atoms with E-state index in [-0.39, 0.29) is 5.78 Å². The highest BCUT2D eigenvalue weighted by molar-refractivity contribution is 6.04. The zero-order valence-electron chi connectivity index (χ0n) is 11.9. The van der Waals surface area contributed by atoms with Crippen LogP contribution in [-0.2, 0) is 0 Å². The summed E-state index contributed by atoms with van der Waals surface area (Å²) in [5, 5.41) is 0. The van der Waals surface area contributed by atoms with Gasteiger partial charge >= 0.3 is 0 Å². The molecule has 0 N–H and O–H groups in total. The molecule has 1 aromatic carbocycles. The number of hydrogen-bond acceptors (Lipinski definition) is 1. The van der Waals surface area contributed by atoms with Gasteiger partial charge in [0.1, 0.15) is 0 Å². The molecule has 98 valence electrons. The average Bonchev–Trinajstić information content (AvgIpc) is 2.41. The van der Waals surface area contributed by atoms with Gasteiger partial charge in [-0.2, -0.15) is 0 Å². The summed E-state index contributed by atoms with van der Waals surface area (Å²) in [7, 11) is 0. The third-order valence-corrected chi connectivity index (χ3v) is 3.77. The lowest BCUT2D eigenvalue weighted by Gasteiger charge is -2.31. The van der Waals surface area contributed by atoms with E-state index in [1.54, 1.807) is 6.08 Å². The van der Waals surface area contributed by atoms with Crippen LogP contribution >= 0.6 is 0 Å². The van der Waals surface area contributed by atoms with Crippen LogP contribution in [0.15, 0.2) is 36.5 Å². The number of benzene rings is 1. The van der Waals surface area contributed by atoms with Crippen molar-refractivity contribution in [1.29, 1.82) is 0 Å². The van der Waals surface area contributed by atoms with Gasteiger partial charge in [0.15, 0.2) is 5.78 Å². The van der Waals surface area contributed by atoms with Gasteiger partial charge < -0.3 is 0 Å². The van der Waals surface area contributed by atoms with Gasteiger partial charge in [-0.3, -0.25) is 9.28 Å². The summed E-state index contributed by atoms with van der Waals surface area (Å²) in [6.45, 7) is 11.6. The Labute approximate surface area is 111 Å².